The summed E-state index contributed by atoms with van der Waals surface area (Å²) < 4.78 is 16.1. The van der Waals surface area contributed by atoms with Crippen LogP contribution in [-0.2, 0) is 14.2 Å². The summed E-state index contributed by atoms with van der Waals surface area (Å²) in [5.74, 6) is 0. The Kier molecular flexibility index (Phi) is 3.38. The van der Waals surface area contributed by atoms with E-state index < -0.39 is 6.10 Å². The van der Waals surface area contributed by atoms with Crippen LogP contribution in [0.1, 0.15) is 0 Å². The van der Waals surface area contributed by atoms with Crippen molar-refractivity contribution in [2.75, 3.05) is 39.5 Å². The number of amides is 2. The lowest BCUT2D eigenvalue weighted by atomic mass is 10.1. The third-order valence-corrected chi connectivity index (χ3v) is 3.63. The van der Waals surface area contributed by atoms with Crippen molar-refractivity contribution in [1.29, 1.82) is 0 Å². The Labute approximate surface area is 105 Å². The van der Waals surface area contributed by atoms with Crippen LogP contribution in [0, 0.1) is 0 Å². The van der Waals surface area contributed by atoms with Gasteiger partial charge in [-0.3, -0.25) is 0 Å². The molecule has 102 valence electrons. The molecule has 7 heteroatoms. The van der Waals surface area contributed by atoms with Gasteiger partial charge < -0.3 is 29.5 Å². The van der Waals surface area contributed by atoms with E-state index in [-0.39, 0.29) is 30.9 Å². The van der Waals surface area contributed by atoms with Crippen LogP contribution in [0.3, 0.4) is 0 Å². The Morgan fingerprint density at radius 1 is 1.17 bits per heavy atom. The molecule has 3 fully saturated rings. The second-order valence-electron chi connectivity index (χ2n) is 4.82. The van der Waals surface area contributed by atoms with Crippen LogP contribution in [0.25, 0.3) is 0 Å². The summed E-state index contributed by atoms with van der Waals surface area (Å²) in [5.41, 5.74) is 0. The highest BCUT2D eigenvalue weighted by molar-refractivity contribution is 5.74. The fourth-order valence-corrected chi connectivity index (χ4v) is 2.62. The Hall–Kier alpha value is -0.890. The number of aliphatic hydroxyl groups excluding tert-OH is 1. The number of fused-ring (bicyclic) bond motifs is 1. The van der Waals surface area contributed by atoms with E-state index in [1.165, 1.54) is 0 Å². The van der Waals surface area contributed by atoms with Crippen LogP contribution < -0.4 is 5.32 Å². The highest BCUT2D eigenvalue weighted by Gasteiger charge is 2.47. The predicted octanol–water partition coefficient (Wildman–Crippen LogP) is -1.44. The molecule has 0 bridgehead atoms. The molecule has 3 saturated heterocycles. The van der Waals surface area contributed by atoms with E-state index in [0.717, 1.165) is 0 Å². The van der Waals surface area contributed by atoms with Crippen molar-refractivity contribution in [2.24, 2.45) is 0 Å². The molecular formula is C11H18N2O5. The van der Waals surface area contributed by atoms with Crippen molar-refractivity contribution in [1.82, 2.24) is 10.2 Å². The zero-order chi connectivity index (χ0) is 12.5. The van der Waals surface area contributed by atoms with Crippen LogP contribution in [-0.4, -0.2) is 79.9 Å². The largest absolute Gasteiger partial charge is 0.388 e. The van der Waals surface area contributed by atoms with Crippen LogP contribution in [0.4, 0.5) is 4.79 Å². The molecule has 3 aliphatic rings. The highest BCUT2D eigenvalue weighted by Crippen LogP contribution is 2.27. The zero-order valence-corrected chi connectivity index (χ0v) is 10.1. The molecule has 2 N–H and O–H groups in total. The van der Waals surface area contributed by atoms with E-state index in [9.17, 15) is 9.90 Å². The quantitative estimate of drug-likeness (QED) is 0.602. The minimum absolute atomic E-state index is 0.113. The molecule has 0 radical (unpaired) electrons. The number of hydrogen-bond donors (Lipinski definition) is 2. The number of ether oxygens (including phenoxy) is 3. The molecule has 0 aromatic carbocycles. The number of morpholine rings is 1. The van der Waals surface area contributed by atoms with Gasteiger partial charge in [0.05, 0.1) is 32.5 Å². The monoisotopic (exact) mass is 258 g/mol. The van der Waals surface area contributed by atoms with E-state index in [0.29, 0.717) is 32.9 Å². The third kappa shape index (κ3) is 2.18. The van der Waals surface area contributed by atoms with Gasteiger partial charge in [0.1, 0.15) is 18.3 Å². The van der Waals surface area contributed by atoms with E-state index >= 15 is 0 Å². The fourth-order valence-electron chi connectivity index (χ4n) is 2.62. The molecule has 2 amide bonds. The first-order chi connectivity index (χ1) is 8.75. The molecule has 3 rings (SSSR count). The maximum atomic E-state index is 12.0. The van der Waals surface area contributed by atoms with Gasteiger partial charge in [-0.1, -0.05) is 0 Å². The highest BCUT2D eigenvalue weighted by atomic mass is 16.6. The Bertz CT molecular complexity index is 321. The summed E-state index contributed by atoms with van der Waals surface area (Å²) in [6, 6.07) is -0.292. The summed E-state index contributed by atoms with van der Waals surface area (Å²) in [4.78, 5) is 13.7. The SMILES string of the molecule is O=C(N[C@H]1CO[C@H]2[C@@H]1OC[C@H]2O)N1CCOCC1. The lowest BCUT2D eigenvalue weighted by Gasteiger charge is -2.29. The minimum atomic E-state index is -0.583. The first-order valence-corrected chi connectivity index (χ1v) is 6.30. The molecule has 3 heterocycles. The first kappa shape index (κ1) is 12.2. The van der Waals surface area contributed by atoms with Gasteiger partial charge in [0.25, 0.3) is 0 Å². The predicted molar refractivity (Wildman–Crippen MR) is 60.2 cm³/mol. The summed E-state index contributed by atoms with van der Waals surface area (Å²) in [6.45, 7) is 3.04. The molecular weight excluding hydrogens is 240 g/mol. The van der Waals surface area contributed by atoms with Gasteiger partial charge in [0.2, 0.25) is 0 Å². The molecule has 3 aliphatic heterocycles. The smallest absolute Gasteiger partial charge is 0.317 e. The normalized spacial score (nSPS) is 39.7. The van der Waals surface area contributed by atoms with E-state index in [4.69, 9.17) is 14.2 Å². The molecule has 0 aliphatic carbocycles. The second-order valence-corrected chi connectivity index (χ2v) is 4.82. The van der Waals surface area contributed by atoms with Crippen molar-refractivity contribution in [3.63, 3.8) is 0 Å². The standard InChI is InChI=1S/C11H18N2O5/c14-8-6-18-9-7(5-17-10(8)9)12-11(15)13-1-3-16-4-2-13/h7-10,14H,1-6H2,(H,12,15)/t7-,8+,9+,10+/m0/s1. The van der Waals surface area contributed by atoms with Crippen LogP contribution >= 0.6 is 0 Å². The Balaban J connectivity index is 1.55. The fraction of sp³-hybridized carbons (Fsp3) is 0.909. The molecule has 4 atom stereocenters. The molecule has 0 aromatic heterocycles. The van der Waals surface area contributed by atoms with Crippen LogP contribution in [0.5, 0.6) is 0 Å². The molecule has 0 saturated carbocycles. The lowest BCUT2D eigenvalue weighted by molar-refractivity contribution is 0.0177. The summed E-state index contributed by atoms with van der Waals surface area (Å²) in [6.07, 6.45) is -1.12. The number of urea groups is 1. The van der Waals surface area contributed by atoms with E-state index in [2.05, 4.69) is 5.32 Å². The molecule has 18 heavy (non-hydrogen) atoms. The van der Waals surface area contributed by atoms with Gasteiger partial charge in [-0.2, -0.15) is 0 Å². The number of nitrogens with zero attached hydrogens (tertiary/aromatic N) is 1. The first-order valence-electron chi connectivity index (χ1n) is 6.30. The summed E-state index contributed by atoms with van der Waals surface area (Å²) in [5, 5.41) is 12.5. The zero-order valence-electron chi connectivity index (χ0n) is 10.1. The van der Waals surface area contributed by atoms with Gasteiger partial charge in [0, 0.05) is 13.1 Å². The van der Waals surface area contributed by atoms with Crippen molar-refractivity contribution >= 4 is 6.03 Å². The van der Waals surface area contributed by atoms with Crippen LogP contribution in [0.2, 0.25) is 0 Å². The minimum Gasteiger partial charge on any atom is -0.388 e. The van der Waals surface area contributed by atoms with Gasteiger partial charge in [-0.15, -0.1) is 0 Å². The van der Waals surface area contributed by atoms with E-state index in [1.54, 1.807) is 4.90 Å². The van der Waals surface area contributed by atoms with Gasteiger partial charge >= 0.3 is 6.03 Å². The second kappa shape index (κ2) is 5.00. The number of nitrogens with one attached hydrogen (secondary N) is 1. The maximum absolute atomic E-state index is 12.0. The average molecular weight is 258 g/mol. The summed E-state index contributed by atoms with van der Waals surface area (Å²) >= 11 is 0. The van der Waals surface area contributed by atoms with Crippen LogP contribution in [0.15, 0.2) is 0 Å². The topological polar surface area (TPSA) is 80.3 Å². The molecule has 0 unspecified atom stereocenters. The van der Waals surface area contributed by atoms with Gasteiger partial charge in [-0.05, 0) is 0 Å². The number of carbonyl (C=O) groups excluding carboxylic acids is 1. The molecule has 0 aromatic rings. The van der Waals surface area contributed by atoms with Crippen molar-refractivity contribution in [2.45, 2.75) is 24.4 Å². The average Bonchev–Trinajstić information content (AvgIpc) is 2.95. The molecule has 0 spiro atoms. The number of aliphatic hydroxyl groups is 1. The summed E-state index contributed by atoms with van der Waals surface area (Å²) in [7, 11) is 0. The number of hydrogen-bond acceptors (Lipinski definition) is 5. The Morgan fingerprint density at radius 2 is 1.89 bits per heavy atom. The Morgan fingerprint density at radius 3 is 2.67 bits per heavy atom. The maximum Gasteiger partial charge on any atom is 0.317 e. The van der Waals surface area contributed by atoms with Crippen molar-refractivity contribution < 1.29 is 24.1 Å². The van der Waals surface area contributed by atoms with E-state index in [1.807, 2.05) is 0 Å². The van der Waals surface area contributed by atoms with Gasteiger partial charge in [-0.25, -0.2) is 4.79 Å². The van der Waals surface area contributed by atoms with Gasteiger partial charge in [0.15, 0.2) is 0 Å². The van der Waals surface area contributed by atoms with Crippen molar-refractivity contribution in [3.05, 3.63) is 0 Å². The number of carbonyl (C=O) groups is 1. The van der Waals surface area contributed by atoms with Crippen molar-refractivity contribution in [3.8, 4) is 0 Å². The lowest BCUT2D eigenvalue weighted by Crippen LogP contribution is -2.52. The molecule has 7 nitrogen and oxygen atoms in total. The third-order valence-electron chi connectivity index (χ3n) is 3.63. The number of rotatable bonds is 1.